The lowest BCUT2D eigenvalue weighted by Gasteiger charge is -2.23. The normalized spacial score (nSPS) is 11.1. The molecule has 1 amide bonds. The number of para-hydroxylation sites is 1. The number of ether oxygens (including phenoxy) is 1. The molecular weight excluding hydrogens is 432 g/mol. The molecule has 2 rings (SSSR count). The van der Waals surface area contributed by atoms with E-state index in [2.05, 4.69) is 21.2 Å². The summed E-state index contributed by atoms with van der Waals surface area (Å²) in [6.45, 7) is 4.26. The first-order valence-electron chi connectivity index (χ1n) is 8.38. The maximum Gasteiger partial charge on any atom is 0.240 e. The van der Waals surface area contributed by atoms with Crippen LogP contribution in [0.3, 0.4) is 0 Å². The lowest BCUT2D eigenvalue weighted by molar-refractivity contribution is -0.119. The molecule has 0 radical (unpaired) electrons. The van der Waals surface area contributed by atoms with Crippen LogP contribution in [0.25, 0.3) is 0 Å². The van der Waals surface area contributed by atoms with Gasteiger partial charge in [0.15, 0.2) is 0 Å². The van der Waals surface area contributed by atoms with Crippen molar-refractivity contribution < 1.29 is 17.9 Å². The molecule has 8 heteroatoms. The number of carbonyl (C=O) groups excluding carboxylic acids is 1. The number of nitrogens with zero attached hydrogens (tertiary/aromatic N) is 1. The number of hydrogen-bond acceptors (Lipinski definition) is 4. The van der Waals surface area contributed by atoms with Crippen LogP contribution in [0.4, 0.5) is 5.69 Å². The Morgan fingerprint density at radius 3 is 2.52 bits per heavy atom. The van der Waals surface area contributed by atoms with Crippen LogP contribution < -0.4 is 14.4 Å². The number of hydrogen-bond donors (Lipinski definition) is 1. The molecule has 0 aliphatic carbocycles. The molecule has 0 heterocycles. The summed E-state index contributed by atoms with van der Waals surface area (Å²) in [4.78, 5) is 12.2. The van der Waals surface area contributed by atoms with Crippen molar-refractivity contribution in [3.8, 4) is 5.75 Å². The van der Waals surface area contributed by atoms with Gasteiger partial charge in [-0.1, -0.05) is 24.3 Å². The first-order valence-corrected chi connectivity index (χ1v) is 11.0. The molecule has 0 fully saturated rings. The van der Waals surface area contributed by atoms with Crippen LogP contribution in [-0.4, -0.2) is 40.3 Å². The van der Waals surface area contributed by atoms with Gasteiger partial charge in [-0.15, -0.1) is 0 Å². The molecule has 27 heavy (non-hydrogen) atoms. The molecule has 0 saturated heterocycles. The molecule has 2 aromatic carbocycles. The maximum absolute atomic E-state index is 12.2. The third-order valence-corrected chi connectivity index (χ3v) is 5.84. The Morgan fingerprint density at radius 1 is 1.15 bits per heavy atom. The number of nitrogens with one attached hydrogen (secondary N) is 1. The first-order chi connectivity index (χ1) is 12.7. The zero-order chi connectivity index (χ0) is 20.0. The van der Waals surface area contributed by atoms with Gasteiger partial charge in [-0.2, -0.15) is 0 Å². The minimum absolute atomic E-state index is 0.278. The average molecular weight is 455 g/mol. The Bertz CT molecular complexity index is 916. The van der Waals surface area contributed by atoms with Gasteiger partial charge in [-0.05, 0) is 59.1 Å². The number of sulfonamides is 1. The monoisotopic (exact) mass is 454 g/mol. The fourth-order valence-electron chi connectivity index (χ4n) is 2.45. The molecule has 0 unspecified atom stereocenters. The van der Waals surface area contributed by atoms with Gasteiger partial charge in [0.1, 0.15) is 18.9 Å². The summed E-state index contributed by atoms with van der Waals surface area (Å²) in [6.07, 6.45) is 1.07. The van der Waals surface area contributed by atoms with Crippen molar-refractivity contribution in [1.82, 2.24) is 5.32 Å². The zero-order valence-corrected chi connectivity index (χ0v) is 17.9. The van der Waals surface area contributed by atoms with E-state index in [1.807, 2.05) is 32.0 Å². The Balaban J connectivity index is 1.93. The summed E-state index contributed by atoms with van der Waals surface area (Å²) >= 11 is 3.32. The van der Waals surface area contributed by atoms with E-state index in [1.165, 1.54) is 0 Å². The minimum atomic E-state index is -3.61. The number of rotatable bonds is 8. The molecule has 0 bridgehead atoms. The lowest BCUT2D eigenvalue weighted by atomic mass is 10.1. The van der Waals surface area contributed by atoms with E-state index in [0.29, 0.717) is 16.8 Å². The second-order valence-corrected chi connectivity index (χ2v) is 8.88. The van der Waals surface area contributed by atoms with E-state index in [-0.39, 0.29) is 13.1 Å². The summed E-state index contributed by atoms with van der Waals surface area (Å²) in [5.74, 6) is 0.371. The van der Waals surface area contributed by atoms with Crippen molar-refractivity contribution in [3.05, 3.63) is 58.1 Å². The molecular formula is C19H23BrN2O4S. The van der Waals surface area contributed by atoms with E-state index in [0.717, 1.165) is 27.4 Å². The van der Waals surface area contributed by atoms with E-state index >= 15 is 0 Å². The summed E-state index contributed by atoms with van der Waals surface area (Å²) in [7, 11) is -3.61. The third kappa shape index (κ3) is 5.97. The van der Waals surface area contributed by atoms with Crippen molar-refractivity contribution in [2.45, 2.75) is 13.8 Å². The summed E-state index contributed by atoms with van der Waals surface area (Å²) < 4.78 is 31.6. The van der Waals surface area contributed by atoms with E-state index in [4.69, 9.17) is 4.74 Å². The highest BCUT2D eigenvalue weighted by Gasteiger charge is 2.22. The molecule has 6 nitrogen and oxygen atoms in total. The van der Waals surface area contributed by atoms with Gasteiger partial charge < -0.3 is 10.1 Å². The van der Waals surface area contributed by atoms with Crippen molar-refractivity contribution in [2.24, 2.45) is 0 Å². The van der Waals surface area contributed by atoms with Crippen molar-refractivity contribution in [3.63, 3.8) is 0 Å². The second-order valence-electron chi connectivity index (χ2n) is 6.12. The number of carbonyl (C=O) groups is 1. The zero-order valence-electron chi connectivity index (χ0n) is 15.5. The SMILES string of the molecule is Cc1cccc(OCCNC(=O)CN(c2ccccc2Br)S(C)(=O)=O)c1C. The van der Waals surface area contributed by atoms with Crippen molar-refractivity contribution in [2.75, 3.05) is 30.3 Å². The van der Waals surface area contributed by atoms with Gasteiger partial charge in [0, 0.05) is 4.47 Å². The van der Waals surface area contributed by atoms with Crippen LogP contribution >= 0.6 is 15.9 Å². The smallest absolute Gasteiger partial charge is 0.240 e. The fraction of sp³-hybridized carbons (Fsp3) is 0.316. The summed E-state index contributed by atoms with van der Waals surface area (Å²) in [6, 6.07) is 12.7. The van der Waals surface area contributed by atoms with Gasteiger partial charge in [-0.25, -0.2) is 8.42 Å². The summed E-state index contributed by atoms with van der Waals surface area (Å²) in [5, 5.41) is 2.69. The highest BCUT2D eigenvalue weighted by Crippen LogP contribution is 2.27. The predicted molar refractivity (Wildman–Crippen MR) is 111 cm³/mol. The molecule has 0 aliphatic heterocycles. The standard InChI is InChI=1S/C19H23BrN2O4S/c1-14-7-6-10-18(15(14)2)26-12-11-21-19(23)13-22(27(3,24)25)17-9-5-4-8-16(17)20/h4-10H,11-13H2,1-3H3,(H,21,23). The first kappa shape index (κ1) is 21.2. The number of anilines is 1. The number of benzene rings is 2. The minimum Gasteiger partial charge on any atom is -0.491 e. The van der Waals surface area contributed by atoms with E-state index < -0.39 is 15.9 Å². The molecule has 146 valence electrons. The quantitative estimate of drug-likeness (QED) is 0.621. The molecule has 0 saturated carbocycles. The second kappa shape index (κ2) is 9.23. The molecule has 0 aliphatic rings. The van der Waals surface area contributed by atoms with E-state index in [9.17, 15) is 13.2 Å². The predicted octanol–water partition coefficient (Wildman–Crippen LogP) is 3.03. The fourth-order valence-corrected chi connectivity index (χ4v) is 3.94. The molecule has 0 atom stereocenters. The Labute approximate surface area is 168 Å². The van der Waals surface area contributed by atoms with Crippen LogP contribution in [-0.2, 0) is 14.8 Å². The van der Waals surface area contributed by atoms with E-state index in [1.54, 1.807) is 24.3 Å². The van der Waals surface area contributed by atoms with Crippen LogP contribution in [0.5, 0.6) is 5.75 Å². The van der Waals surface area contributed by atoms with Crippen LogP contribution in [0.1, 0.15) is 11.1 Å². The largest absolute Gasteiger partial charge is 0.491 e. The summed E-state index contributed by atoms with van der Waals surface area (Å²) in [5.41, 5.74) is 2.61. The van der Waals surface area contributed by atoms with Crippen molar-refractivity contribution in [1.29, 1.82) is 0 Å². The number of amides is 1. The lowest BCUT2D eigenvalue weighted by Crippen LogP contribution is -2.41. The third-order valence-electron chi connectivity index (χ3n) is 4.05. The maximum atomic E-state index is 12.2. The van der Waals surface area contributed by atoms with Gasteiger partial charge >= 0.3 is 0 Å². The highest BCUT2D eigenvalue weighted by molar-refractivity contribution is 9.10. The molecule has 0 aromatic heterocycles. The number of aryl methyl sites for hydroxylation is 1. The van der Waals surface area contributed by atoms with Gasteiger partial charge in [0.2, 0.25) is 15.9 Å². The Morgan fingerprint density at radius 2 is 1.85 bits per heavy atom. The molecule has 1 N–H and O–H groups in total. The topological polar surface area (TPSA) is 75.7 Å². The van der Waals surface area contributed by atoms with Crippen LogP contribution in [0, 0.1) is 13.8 Å². The molecule has 0 spiro atoms. The Kier molecular flexibility index (Phi) is 7.26. The van der Waals surface area contributed by atoms with Gasteiger partial charge in [0.05, 0.1) is 18.5 Å². The number of halogens is 1. The average Bonchev–Trinajstić information content (AvgIpc) is 2.60. The van der Waals surface area contributed by atoms with Gasteiger partial charge in [-0.3, -0.25) is 9.10 Å². The Hall–Kier alpha value is -2.06. The van der Waals surface area contributed by atoms with Crippen molar-refractivity contribution >= 4 is 37.5 Å². The highest BCUT2D eigenvalue weighted by atomic mass is 79.9. The van der Waals surface area contributed by atoms with Crippen LogP contribution in [0.2, 0.25) is 0 Å². The van der Waals surface area contributed by atoms with Crippen LogP contribution in [0.15, 0.2) is 46.9 Å². The molecule has 2 aromatic rings. The van der Waals surface area contributed by atoms with Gasteiger partial charge in [0.25, 0.3) is 0 Å².